The molecule has 0 atom stereocenters. The number of aryl methyl sites for hydroxylation is 1. The molecule has 0 heterocycles. The number of ether oxygens (including phenoxy) is 3. The molecule has 2 aromatic carbocycles. The van der Waals surface area contributed by atoms with E-state index in [4.69, 9.17) is 19.5 Å². The summed E-state index contributed by atoms with van der Waals surface area (Å²) in [6, 6.07) is 9.96. The SMILES string of the molecule is COc1cc2ccc(OC)c(OC)c2cc1CCC#N. The molecule has 0 radical (unpaired) electrons. The molecule has 4 heteroatoms. The molecule has 0 unspecified atom stereocenters. The Hall–Kier alpha value is -2.41. The first-order chi connectivity index (χ1) is 9.74. The maximum Gasteiger partial charge on any atom is 0.168 e. The van der Waals surface area contributed by atoms with E-state index >= 15 is 0 Å². The van der Waals surface area contributed by atoms with Gasteiger partial charge in [0, 0.05) is 11.8 Å². The molecular weight excluding hydrogens is 254 g/mol. The molecule has 0 spiro atoms. The molecule has 4 nitrogen and oxygen atoms in total. The first-order valence-corrected chi connectivity index (χ1v) is 6.33. The second-order valence-corrected chi connectivity index (χ2v) is 4.34. The lowest BCUT2D eigenvalue weighted by Gasteiger charge is -2.14. The molecule has 0 bridgehead atoms. The van der Waals surface area contributed by atoms with Crippen LogP contribution < -0.4 is 14.2 Å². The second-order valence-electron chi connectivity index (χ2n) is 4.34. The number of hydrogen-bond acceptors (Lipinski definition) is 4. The largest absolute Gasteiger partial charge is 0.496 e. The lowest BCUT2D eigenvalue weighted by Crippen LogP contribution is -1.95. The molecule has 20 heavy (non-hydrogen) atoms. The number of methoxy groups -OCH3 is 3. The summed E-state index contributed by atoms with van der Waals surface area (Å²) < 4.78 is 16.2. The number of fused-ring (bicyclic) bond motifs is 1. The Labute approximate surface area is 118 Å². The fourth-order valence-corrected chi connectivity index (χ4v) is 2.30. The van der Waals surface area contributed by atoms with Crippen molar-refractivity contribution in [3.8, 4) is 23.3 Å². The number of nitriles is 1. The van der Waals surface area contributed by atoms with E-state index in [-0.39, 0.29) is 0 Å². The highest BCUT2D eigenvalue weighted by Crippen LogP contribution is 2.38. The highest BCUT2D eigenvalue weighted by molar-refractivity contribution is 5.92. The smallest absolute Gasteiger partial charge is 0.168 e. The van der Waals surface area contributed by atoms with Gasteiger partial charge in [-0.3, -0.25) is 0 Å². The minimum absolute atomic E-state index is 0.453. The monoisotopic (exact) mass is 271 g/mol. The Morgan fingerprint density at radius 2 is 1.75 bits per heavy atom. The fourth-order valence-electron chi connectivity index (χ4n) is 2.30. The molecule has 2 rings (SSSR count). The van der Waals surface area contributed by atoms with E-state index in [1.54, 1.807) is 21.3 Å². The van der Waals surface area contributed by atoms with Gasteiger partial charge in [-0.2, -0.15) is 5.26 Å². The molecule has 0 N–H and O–H groups in total. The maximum atomic E-state index is 8.75. The third-order valence-corrected chi connectivity index (χ3v) is 3.27. The average molecular weight is 271 g/mol. The predicted octanol–water partition coefficient (Wildman–Crippen LogP) is 3.32. The zero-order chi connectivity index (χ0) is 14.5. The van der Waals surface area contributed by atoms with E-state index in [1.807, 2.05) is 24.3 Å². The first kappa shape index (κ1) is 14.0. The summed E-state index contributed by atoms with van der Waals surface area (Å²) in [5.41, 5.74) is 0.994. The van der Waals surface area contributed by atoms with Gasteiger partial charge in [0.15, 0.2) is 11.5 Å². The normalized spacial score (nSPS) is 10.1. The lowest BCUT2D eigenvalue weighted by atomic mass is 10.0. The van der Waals surface area contributed by atoms with Crippen LogP contribution >= 0.6 is 0 Å². The van der Waals surface area contributed by atoms with Crippen molar-refractivity contribution >= 4 is 10.8 Å². The quantitative estimate of drug-likeness (QED) is 0.837. The summed E-state index contributed by atoms with van der Waals surface area (Å²) in [5, 5.41) is 10.7. The van der Waals surface area contributed by atoms with Gasteiger partial charge in [0.2, 0.25) is 0 Å². The van der Waals surface area contributed by atoms with E-state index in [0.717, 1.165) is 22.1 Å². The van der Waals surface area contributed by atoms with Crippen LogP contribution in [-0.2, 0) is 6.42 Å². The first-order valence-electron chi connectivity index (χ1n) is 6.33. The Kier molecular flexibility index (Phi) is 4.31. The van der Waals surface area contributed by atoms with E-state index < -0.39 is 0 Å². The van der Waals surface area contributed by atoms with Crippen LogP contribution in [0.2, 0.25) is 0 Å². The predicted molar refractivity (Wildman–Crippen MR) is 77.5 cm³/mol. The van der Waals surface area contributed by atoms with Crippen molar-refractivity contribution in [3.05, 3.63) is 29.8 Å². The highest BCUT2D eigenvalue weighted by atomic mass is 16.5. The summed E-state index contributed by atoms with van der Waals surface area (Å²) in [5.74, 6) is 2.18. The third-order valence-electron chi connectivity index (χ3n) is 3.27. The van der Waals surface area contributed by atoms with Gasteiger partial charge in [0.25, 0.3) is 0 Å². The minimum atomic E-state index is 0.453. The third kappa shape index (κ3) is 2.48. The average Bonchev–Trinajstić information content (AvgIpc) is 2.50. The number of rotatable bonds is 5. The topological polar surface area (TPSA) is 51.5 Å². The summed E-state index contributed by atoms with van der Waals surface area (Å²) >= 11 is 0. The van der Waals surface area contributed by atoms with Gasteiger partial charge in [0.05, 0.1) is 27.4 Å². The van der Waals surface area contributed by atoms with E-state index in [1.165, 1.54) is 0 Å². The number of benzene rings is 2. The van der Waals surface area contributed by atoms with E-state index in [0.29, 0.717) is 24.3 Å². The van der Waals surface area contributed by atoms with Crippen molar-refractivity contribution in [2.75, 3.05) is 21.3 Å². The maximum absolute atomic E-state index is 8.75. The molecule has 0 saturated carbocycles. The van der Waals surface area contributed by atoms with Crippen LogP contribution in [0.25, 0.3) is 10.8 Å². The fraction of sp³-hybridized carbons (Fsp3) is 0.312. The van der Waals surface area contributed by atoms with Crippen molar-refractivity contribution < 1.29 is 14.2 Å². The summed E-state index contributed by atoms with van der Waals surface area (Å²) in [4.78, 5) is 0. The number of nitrogens with zero attached hydrogens (tertiary/aromatic N) is 1. The number of hydrogen-bond donors (Lipinski definition) is 0. The Bertz CT molecular complexity index is 659. The van der Waals surface area contributed by atoms with Crippen LogP contribution in [0, 0.1) is 11.3 Å². The molecule has 104 valence electrons. The molecule has 0 aliphatic carbocycles. The van der Waals surface area contributed by atoms with Crippen LogP contribution in [0.15, 0.2) is 24.3 Å². The molecule has 2 aromatic rings. The zero-order valence-corrected chi connectivity index (χ0v) is 11.9. The molecule has 0 aromatic heterocycles. The molecule has 0 aliphatic rings. The van der Waals surface area contributed by atoms with Gasteiger partial charge in [-0.05, 0) is 35.6 Å². The minimum Gasteiger partial charge on any atom is -0.496 e. The van der Waals surface area contributed by atoms with Crippen LogP contribution in [0.5, 0.6) is 17.2 Å². The molecule has 0 amide bonds. The van der Waals surface area contributed by atoms with E-state index in [9.17, 15) is 0 Å². The van der Waals surface area contributed by atoms with Crippen molar-refractivity contribution in [1.82, 2.24) is 0 Å². The van der Waals surface area contributed by atoms with E-state index in [2.05, 4.69) is 6.07 Å². The molecular formula is C16H17NO3. The van der Waals surface area contributed by atoms with Gasteiger partial charge in [-0.25, -0.2) is 0 Å². The molecule has 0 aliphatic heterocycles. The standard InChI is InChI=1S/C16H17NO3/c1-18-14-7-6-11-10-15(19-2)12(5-4-8-17)9-13(11)16(14)20-3/h6-7,9-10H,4-5H2,1-3H3. The summed E-state index contributed by atoms with van der Waals surface area (Å²) in [6.07, 6.45) is 1.10. The Morgan fingerprint density at radius 3 is 2.35 bits per heavy atom. The van der Waals surface area contributed by atoms with Gasteiger partial charge < -0.3 is 14.2 Å². The van der Waals surface area contributed by atoms with Crippen molar-refractivity contribution in [3.63, 3.8) is 0 Å². The van der Waals surface area contributed by atoms with Crippen LogP contribution in [-0.4, -0.2) is 21.3 Å². The summed E-state index contributed by atoms with van der Waals surface area (Å²) in [6.45, 7) is 0. The second kappa shape index (κ2) is 6.16. The van der Waals surface area contributed by atoms with Crippen LogP contribution in [0.1, 0.15) is 12.0 Å². The molecule has 0 saturated heterocycles. The lowest BCUT2D eigenvalue weighted by molar-refractivity contribution is 0.358. The molecule has 0 fully saturated rings. The van der Waals surface area contributed by atoms with Crippen molar-refractivity contribution in [2.45, 2.75) is 12.8 Å². The van der Waals surface area contributed by atoms with Gasteiger partial charge >= 0.3 is 0 Å². The zero-order valence-electron chi connectivity index (χ0n) is 11.9. The van der Waals surface area contributed by atoms with Crippen LogP contribution in [0.4, 0.5) is 0 Å². The van der Waals surface area contributed by atoms with Gasteiger partial charge in [-0.1, -0.05) is 6.07 Å². The van der Waals surface area contributed by atoms with Gasteiger partial charge in [-0.15, -0.1) is 0 Å². The Balaban J connectivity index is 2.65. The van der Waals surface area contributed by atoms with Crippen molar-refractivity contribution in [2.24, 2.45) is 0 Å². The van der Waals surface area contributed by atoms with Crippen LogP contribution in [0.3, 0.4) is 0 Å². The summed E-state index contributed by atoms with van der Waals surface area (Å²) in [7, 11) is 4.87. The van der Waals surface area contributed by atoms with Crippen molar-refractivity contribution in [1.29, 1.82) is 5.26 Å². The Morgan fingerprint density at radius 1 is 1.00 bits per heavy atom. The highest BCUT2D eigenvalue weighted by Gasteiger charge is 2.12. The van der Waals surface area contributed by atoms with Gasteiger partial charge in [0.1, 0.15) is 5.75 Å².